The van der Waals surface area contributed by atoms with Crippen molar-refractivity contribution < 1.29 is 19.9 Å². The van der Waals surface area contributed by atoms with Crippen LogP contribution < -0.4 is 0 Å². The molecular weight excluding hydrogens is 136 g/mol. The SMILES string of the molecule is [C-]#N.[Fe+2].[H-].[H-].[Mg+2].[N-]=O. The molecular formula is CH2FeMgN2O. The molecule has 0 atom stereocenters. The fourth-order valence-electron chi connectivity index (χ4n) is 0. The van der Waals surface area contributed by atoms with Crippen LogP contribution >= 0.6 is 0 Å². The summed E-state index contributed by atoms with van der Waals surface area (Å²) < 4.78 is 0. The van der Waals surface area contributed by atoms with E-state index in [2.05, 4.69) is 0 Å². The molecule has 0 saturated carbocycles. The van der Waals surface area contributed by atoms with Crippen LogP contribution in [0.25, 0.3) is 5.59 Å². The fraction of sp³-hybridized carbons (Fsp3) is 0. The maximum atomic E-state index is 7.25. The van der Waals surface area contributed by atoms with E-state index in [1.54, 1.807) is 0 Å². The van der Waals surface area contributed by atoms with Crippen molar-refractivity contribution in [2.75, 3.05) is 0 Å². The van der Waals surface area contributed by atoms with E-state index in [4.69, 9.17) is 22.3 Å². The Hall–Kier alpha value is 0.376. The third-order valence-corrected chi connectivity index (χ3v) is 0. The zero-order valence-corrected chi connectivity index (χ0v) is 5.38. The maximum Gasteiger partial charge on any atom is 2.00 e. The third kappa shape index (κ3) is 353. The Morgan fingerprint density at radius 3 is 1.50 bits per heavy atom. The molecule has 0 aliphatic heterocycles. The van der Waals surface area contributed by atoms with Gasteiger partial charge in [-0.1, -0.05) is 0 Å². The molecule has 0 fully saturated rings. The molecule has 0 aliphatic rings. The molecule has 32 valence electrons. The molecule has 0 bridgehead atoms. The smallest absolute Gasteiger partial charge is 1.00 e. The predicted molar refractivity (Wildman–Crippen MR) is 19.7 cm³/mol. The van der Waals surface area contributed by atoms with Crippen LogP contribution in [0, 0.1) is 16.7 Å². The van der Waals surface area contributed by atoms with Crippen molar-refractivity contribution in [3.63, 3.8) is 0 Å². The van der Waals surface area contributed by atoms with Crippen LogP contribution in [0.15, 0.2) is 0 Å². The number of hydrogen-bond acceptors (Lipinski definition) is 2. The second kappa shape index (κ2) is 729. The average Bonchev–Trinajstić information content (AvgIpc) is 1.50. The summed E-state index contributed by atoms with van der Waals surface area (Å²) in [6, 6.07) is 0. The molecule has 6 heavy (non-hydrogen) atoms. The summed E-state index contributed by atoms with van der Waals surface area (Å²) in [4.78, 5) is 7.25. The van der Waals surface area contributed by atoms with Crippen molar-refractivity contribution in [3.05, 3.63) is 17.1 Å². The largest absolute Gasteiger partial charge is 2.00 e. The summed E-state index contributed by atoms with van der Waals surface area (Å²) in [6.07, 6.45) is 0. The van der Waals surface area contributed by atoms with Crippen LogP contribution in [0.4, 0.5) is 0 Å². The fourth-order valence-corrected chi connectivity index (χ4v) is 0. The summed E-state index contributed by atoms with van der Waals surface area (Å²) >= 11 is 0. The van der Waals surface area contributed by atoms with Crippen LogP contribution in [0.3, 0.4) is 0 Å². The summed E-state index contributed by atoms with van der Waals surface area (Å²) in [7, 11) is 0. The molecule has 0 unspecified atom stereocenters. The minimum Gasteiger partial charge on any atom is -1.00 e. The van der Waals surface area contributed by atoms with E-state index in [-0.39, 0.29) is 43.0 Å². The van der Waals surface area contributed by atoms with E-state index in [1.807, 2.05) is 0 Å². The predicted octanol–water partition coefficient (Wildman–Crippen LogP) is 0.260. The summed E-state index contributed by atoms with van der Waals surface area (Å²) in [5, 5.41) is 6.25. The monoisotopic (exact) mass is 138 g/mol. The molecule has 3 nitrogen and oxygen atoms in total. The Morgan fingerprint density at radius 2 is 1.50 bits per heavy atom. The van der Waals surface area contributed by atoms with Gasteiger partial charge in [0.25, 0.3) is 0 Å². The molecule has 0 aromatic heterocycles. The van der Waals surface area contributed by atoms with Crippen molar-refractivity contribution in [2.24, 2.45) is 0 Å². The Balaban J connectivity index is -0.00000000167. The van der Waals surface area contributed by atoms with Crippen LogP contribution in [-0.4, -0.2) is 23.1 Å². The second-order valence-electron chi connectivity index (χ2n) is 0. The molecule has 5 heteroatoms. The van der Waals surface area contributed by atoms with E-state index in [9.17, 15) is 0 Å². The quantitative estimate of drug-likeness (QED) is 0.356. The normalized spacial score (nSPS) is 1.00. The number of nitroso groups, excluding NO2 is 1. The maximum absolute atomic E-state index is 7.25. The molecule has 0 heterocycles. The molecule has 0 aromatic rings. The van der Waals surface area contributed by atoms with Gasteiger partial charge in [-0.05, 0) is 0 Å². The van der Waals surface area contributed by atoms with Gasteiger partial charge >= 0.3 is 40.1 Å². The third-order valence-electron chi connectivity index (χ3n) is 0. The van der Waals surface area contributed by atoms with Crippen LogP contribution in [0.5, 0.6) is 0 Å². The molecule has 0 N–H and O–H groups in total. The first-order chi connectivity index (χ1) is 2.00. The molecule has 0 spiro atoms. The van der Waals surface area contributed by atoms with Crippen molar-refractivity contribution in [1.82, 2.24) is 0 Å². The first kappa shape index (κ1) is 32.6. The first-order valence-corrected chi connectivity index (χ1v) is 0.406. The van der Waals surface area contributed by atoms with Gasteiger partial charge in [0.05, 0.1) is 0 Å². The summed E-state index contributed by atoms with van der Waals surface area (Å²) in [6.45, 7) is 4.75. The van der Waals surface area contributed by atoms with Crippen molar-refractivity contribution in [1.29, 1.82) is 5.26 Å². The first-order valence-electron chi connectivity index (χ1n) is 0.406. The molecule has 0 amide bonds. The topological polar surface area (TPSA) is 63.2 Å². The van der Waals surface area contributed by atoms with Gasteiger partial charge in [-0.25, -0.2) is 0 Å². The second-order valence-corrected chi connectivity index (χ2v) is 0. The van der Waals surface area contributed by atoms with E-state index in [0.29, 0.717) is 0 Å². The van der Waals surface area contributed by atoms with Gasteiger partial charge in [0.15, 0.2) is 0 Å². The molecule has 0 rings (SSSR count). The average molecular weight is 138 g/mol. The molecule has 0 aliphatic carbocycles. The van der Waals surface area contributed by atoms with Crippen molar-refractivity contribution in [3.8, 4) is 0 Å². The van der Waals surface area contributed by atoms with E-state index in [1.165, 1.54) is 0 Å². The van der Waals surface area contributed by atoms with Crippen molar-refractivity contribution >= 4 is 23.1 Å². The van der Waals surface area contributed by atoms with E-state index >= 15 is 0 Å². The zero-order valence-electron chi connectivity index (χ0n) is 4.86. The van der Waals surface area contributed by atoms with Crippen LogP contribution in [0.2, 0.25) is 0 Å². The van der Waals surface area contributed by atoms with Gasteiger partial charge in [-0.3, -0.25) is 0 Å². The molecule has 0 radical (unpaired) electrons. The summed E-state index contributed by atoms with van der Waals surface area (Å²) in [5.74, 6) is 0. The number of nitrogens with zero attached hydrogens (tertiary/aromatic N) is 2. The van der Waals surface area contributed by atoms with Crippen LogP contribution in [-0.2, 0) is 17.1 Å². The molecule has 0 aromatic carbocycles. The Labute approximate surface area is 65.5 Å². The van der Waals surface area contributed by atoms with Crippen LogP contribution in [0.1, 0.15) is 2.85 Å². The Kier molecular flexibility index (Phi) is 3970. The standard InChI is InChI=1S/CN.Fe.Mg.NO.2H/c1-2;;;1-2;;/q-1;2*+2;3*-1. The van der Waals surface area contributed by atoms with Gasteiger partial charge in [0.2, 0.25) is 0 Å². The van der Waals surface area contributed by atoms with Gasteiger partial charge in [0, 0.05) is 0 Å². The van der Waals surface area contributed by atoms with Gasteiger partial charge in [-0.2, -0.15) is 0 Å². The Morgan fingerprint density at radius 1 is 1.50 bits per heavy atom. The van der Waals surface area contributed by atoms with Gasteiger partial charge in [-0.15, -0.1) is 0 Å². The number of rotatable bonds is 0. The molecule has 0 saturated heterocycles. The number of hydrogen-bond donors (Lipinski definition) is 0. The van der Waals surface area contributed by atoms with E-state index < -0.39 is 0 Å². The minimum absolute atomic E-state index is 0. The van der Waals surface area contributed by atoms with E-state index in [0.717, 1.165) is 0 Å². The summed E-state index contributed by atoms with van der Waals surface area (Å²) in [5.41, 5.74) is 5.75. The Bertz CT molecular complexity index is 31.2. The zero-order chi connectivity index (χ0) is 4.00. The van der Waals surface area contributed by atoms with Crippen molar-refractivity contribution in [2.45, 2.75) is 0 Å². The van der Waals surface area contributed by atoms with Gasteiger partial charge in [0.1, 0.15) is 0 Å². The van der Waals surface area contributed by atoms with Gasteiger partial charge < -0.3 is 25.2 Å². The minimum atomic E-state index is 0.